The highest BCUT2D eigenvalue weighted by atomic mass is 32.1. The second-order valence-corrected chi connectivity index (χ2v) is 8.64. The molecule has 6 nitrogen and oxygen atoms in total. The molecule has 7 heteroatoms. The SMILES string of the molecule is COC(c1ccc2nc(N[C@@H]3CCCC[C@H]3O)sc2c1)c1c[nH]c2ncccc12. The number of aromatic amines is 1. The van der Waals surface area contributed by atoms with Gasteiger partial charge >= 0.3 is 0 Å². The van der Waals surface area contributed by atoms with Gasteiger partial charge in [0.2, 0.25) is 0 Å². The number of pyridine rings is 1. The molecule has 5 rings (SSSR count). The van der Waals surface area contributed by atoms with Crippen molar-refractivity contribution in [2.24, 2.45) is 0 Å². The fourth-order valence-corrected chi connectivity index (χ4v) is 5.22. The molecule has 1 aliphatic carbocycles. The van der Waals surface area contributed by atoms with E-state index in [9.17, 15) is 5.11 Å². The first-order valence-electron chi connectivity index (χ1n) is 10.0. The van der Waals surface area contributed by atoms with Gasteiger partial charge in [0.05, 0.1) is 22.4 Å². The number of aliphatic hydroxyl groups is 1. The van der Waals surface area contributed by atoms with Crippen LogP contribution in [0.3, 0.4) is 0 Å². The molecule has 3 aromatic heterocycles. The summed E-state index contributed by atoms with van der Waals surface area (Å²) in [6.45, 7) is 0. The van der Waals surface area contributed by atoms with Crippen molar-refractivity contribution in [3.63, 3.8) is 0 Å². The zero-order valence-corrected chi connectivity index (χ0v) is 17.1. The number of hydrogen-bond acceptors (Lipinski definition) is 6. The van der Waals surface area contributed by atoms with Crippen molar-refractivity contribution in [2.45, 2.75) is 43.9 Å². The molecule has 0 bridgehead atoms. The zero-order valence-electron chi connectivity index (χ0n) is 16.3. The molecule has 0 aliphatic heterocycles. The van der Waals surface area contributed by atoms with E-state index >= 15 is 0 Å². The summed E-state index contributed by atoms with van der Waals surface area (Å²) in [6.07, 6.45) is 7.38. The second-order valence-electron chi connectivity index (χ2n) is 7.61. The lowest BCUT2D eigenvalue weighted by atomic mass is 9.93. The molecular formula is C22H24N4O2S. The Bertz CT molecular complexity index is 1140. The largest absolute Gasteiger partial charge is 0.391 e. The molecule has 0 radical (unpaired) electrons. The lowest BCUT2D eigenvalue weighted by Gasteiger charge is -2.27. The van der Waals surface area contributed by atoms with Crippen molar-refractivity contribution in [1.82, 2.24) is 15.0 Å². The van der Waals surface area contributed by atoms with Crippen molar-refractivity contribution in [2.75, 3.05) is 12.4 Å². The van der Waals surface area contributed by atoms with Gasteiger partial charge in [-0.1, -0.05) is 30.2 Å². The third-order valence-electron chi connectivity index (χ3n) is 5.75. The lowest BCUT2D eigenvalue weighted by molar-refractivity contribution is 0.116. The molecule has 29 heavy (non-hydrogen) atoms. The molecule has 1 aliphatic rings. The van der Waals surface area contributed by atoms with E-state index in [4.69, 9.17) is 9.72 Å². The van der Waals surface area contributed by atoms with Crippen molar-refractivity contribution in [1.29, 1.82) is 0 Å². The summed E-state index contributed by atoms with van der Waals surface area (Å²) in [5.74, 6) is 0. The summed E-state index contributed by atoms with van der Waals surface area (Å²) < 4.78 is 6.97. The number of aromatic nitrogens is 3. The predicted molar refractivity (Wildman–Crippen MR) is 116 cm³/mol. The van der Waals surface area contributed by atoms with E-state index in [2.05, 4.69) is 33.5 Å². The second kappa shape index (κ2) is 7.74. The van der Waals surface area contributed by atoms with Gasteiger partial charge in [-0.15, -0.1) is 0 Å². The number of methoxy groups -OCH3 is 1. The zero-order chi connectivity index (χ0) is 19.8. The van der Waals surface area contributed by atoms with Gasteiger partial charge in [-0.05, 0) is 42.7 Å². The highest BCUT2D eigenvalue weighted by molar-refractivity contribution is 7.22. The quantitative estimate of drug-likeness (QED) is 0.449. The van der Waals surface area contributed by atoms with E-state index in [-0.39, 0.29) is 18.2 Å². The van der Waals surface area contributed by atoms with Crippen LogP contribution in [0.1, 0.15) is 42.9 Å². The molecule has 0 saturated heterocycles. The Kier molecular flexibility index (Phi) is 4.95. The minimum Gasteiger partial charge on any atom is -0.391 e. The number of anilines is 1. The topological polar surface area (TPSA) is 83.1 Å². The van der Waals surface area contributed by atoms with Gasteiger partial charge in [0.1, 0.15) is 11.8 Å². The smallest absolute Gasteiger partial charge is 0.184 e. The minimum atomic E-state index is -0.292. The Morgan fingerprint density at radius 1 is 1.28 bits per heavy atom. The number of H-pyrrole nitrogens is 1. The molecule has 3 heterocycles. The highest BCUT2D eigenvalue weighted by Crippen LogP contribution is 2.35. The van der Waals surface area contributed by atoms with Crippen molar-refractivity contribution < 1.29 is 9.84 Å². The van der Waals surface area contributed by atoms with E-state index in [0.29, 0.717) is 0 Å². The van der Waals surface area contributed by atoms with Crippen LogP contribution >= 0.6 is 11.3 Å². The van der Waals surface area contributed by atoms with Crippen LogP contribution in [0.4, 0.5) is 5.13 Å². The molecule has 0 spiro atoms. The first-order valence-corrected chi connectivity index (χ1v) is 10.8. The number of nitrogens with zero attached hydrogens (tertiary/aromatic N) is 2. The summed E-state index contributed by atoms with van der Waals surface area (Å²) in [6, 6.07) is 10.4. The van der Waals surface area contributed by atoms with Gasteiger partial charge in [-0.2, -0.15) is 0 Å². The van der Waals surface area contributed by atoms with Crippen LogP contribution in [-0.2, 0) is 4.74 Å². The Morgan fingerprint density at radius 2 is 2.17 bits per heavy atom. The fourth-order valence-electron chi connectivity index (χ4n) is 4.24. The number of ether oxygens (including phenoxy) is 1. The maximum atomic E-state index is 10.2. The predicted octanol–water partition coefficient (Wildman–Crippen LogP) is 4.62. The molecule has 4 aromatic rings. The number of nitrogens with one attached hydrogen (secondary N) is 2. The number of thiazole rings is 1. The van der Waals surface area contributed by atoms with Crippen LogP contribution in [0.5, 0.6) is 0 Å². The summed E-state index contributed by atoms with van der Waals surface area (Å²) in [7, 11) is 1.73. The highest BCUT2D eigenvalue weighted by Gasteiger charge is 2.24. The minimum absolute atomic E-state index is 0.0919. The Labute approximate surface area is 173 Å². The number of aliphatic hydroxyl groups excluding tert-OH is 1. The Hall–Kier alpha value is -2.48. The number of hydrogen-bond donors (Lipinski definition) is 3. The maximum absolute atomic E-state index is 10.2. The van der Waals surface area contributed by atoms with E-state index in [1.807, 2.05) is 18.3 Å². The van der Waals surface area contributed by atoms with Crippen LogP contribution in [0.15, 0.2) is 42.7 Å². The number of fused-ring (bicyclic) bond motifs is 2. The molecule has 1 unspecified atom stereocenters. The Balaban J connectivity index is 1.45. The van der Waals surface area contributed by atoms with Gasteiger partial charge < -0.3 is 20.1 Å². The third-order valence-corrected chi connectivity index (χ3v) is 6.70. The van der Waals surface area contributed by atoms with Crippen LogP contribution < -0.4 is 5.32 Å². The van der Waals surface area contributed by atoms with Gasteiger partial charge in [0, 0.05) is 30.5 Å². The third kappa shape index (κ3) is 3.50. The average molecular weight is 409 g/mol. The molecule has 0 amide bonds. The summed E-state index contributed by atoms with van der Waals surface area (Å²) in [5, 5.41) is 15.6. The van der Waals surface area contributed by atoms with Gasteiger partial charge in [-0.25, -0.2) is 9.97 Å². The summed E-state index contributed by atoms with van der Waals surface area (Å²) >= 11 is 1.63. The van der Waals surface area contributed by atoms with Crippen molar-refractivity contribution in [3.8, 4) is 0 Å². The molecule has 1 aromatic carbocycles. The van der Waals surface area contributed by atoms with Crippen molar-refractivity contribution in [3.05, 3.63) is 53.9 Å². The Morgan fingerprint density at radius 3 is 3.03 bits per heavy atom. The van der Waals surface area contributed by atoms with Gasteiger partial charge in [0.15, 0.2) is 5.13 Å². The lowest BCUT2D eigenvalue weighted by Crippen LogP contribution is -2.36. The average Bonchev–Trinajstić information content (AvgIpc) is 3.34. The number of benzene rings is 1. The molecular weight excluding hydrogens is 384 g/mol. The summed E-state index contributed by atoms with van der Waals surface area (Å²) in [5.41, 5.74) is 3.98. The van der Waals surface area contributed by atoms with E-state index in [0.717, 1.165) is 63.2 Å². The van der Waals surface area contributed by atoms with Crippen LogP contribution in [-0.4, -0.2) is 39.3 Å². The molecule has 1 saturated carbocycles. The monoisotopic (exact) mass is 408 g/mol. The standard InChI is InChI=1S/C22H24N4O2S/c1-28-20(15-12-24-21-14(15)5-4-10-23-21)13-8-9-17-19(11-13)29-22(26-17)25-16-6-2-3-7-18(16)27/h4-5,8-12,16,18,20,27H,2-3,6-7H2,1H3,(H,23,24)(H,25,26)/t16-,18-,20?/m1/s1. The fraction of sp³-hybridized carbons (Fsp3) is 0.364. The molecule has 1 fully saturated rings. The normalized spacial score (nSPS) is 20.9. The van der Waals surface area contributed by atoms with E-state index < -0.39 is 0 Å². The van der Waals surface area contributed by atoms with Crippen LogP contribution in [0.25, 0.3) is 21.3 Å². The van der Waals surface area contributed by atoms with Crippen molar-refractivity contribution >= 4 is 37.7 Å². The molecule has 3 N–H and O–H groups in total. The number of rotatable bonds is 5. The molecule has 150 valence electrons. The van der Waals surface area contributed by atoms with Gasteiger partial charge in [-0.3, -0.25) is 0 Å². The van der Waals surface area contributed by atoms with E-state index in [1.54, 1.807) is 24.6 Å². The summed E-state index contributed by atoms with van der Waals surface area (Å²) in [4.78, 5) is 12.3. The van der Waals surface area contributed by atoms with E-state index in [1.165, 1.54) is 0 Å². The van der Waals surface area contributed by atoms with Crippen LogP contribution in [0, 0.1) is 0 Å². The maximum Gasteiger partial charge on any atom is 0.184 e. The molecule has 3 atom stereocenters. The van der Waals surface area contributed by atoms with Gasteiger partial charge in [0.25, 0.3) is 0 Å². The first kappa shape index (κ1) is 18.5. The first-order chi connectivity index (χ1) is 14.2. The van der Waals surface area contributed by atoms with Crippen LogP contribution in [0.2, 0.25) is 0 Å².